The standard InChI is InChI=1S/C13H19OP/c1-11-6-5-9-13(10-11)15(14)12-7-3-2-4-8-12/h5-6,9-10,12,14H,2-4,7-8H2,1H3. The van der Waals surface area contributed by atoms with Crippen LogP contribution in [0, 0.1) is 6.92 Å². The van der Waals surface area contributed by atoms with Gasteiger partial charge < -0.3 is 4.89 Å². The van der Waals surface area contributed by atoms with Crippen molar-refractivity contribution in [3.63, 3.8) is 0 Å². The van der Waals surface area contributed by atoms with E-state index in [1.54, 1.807) is 0 Å². The van der Waals surface area contributed by atoms with Gasteiger partial charge in [0.1, 0.15) is 0 Å². The van der Waals surface area contributed by atoms with Crippen molar-refractivity contribution in [1.82, 2.24) is 0 Å². The Labute approximate surface area is 93.4 Å². The zero-order chi connectivity index (χ0) is 10.7. The van der Waals surface area contributed by atoms with E-state index in [9.17, 15) is 4.89 Å². The molecule has 2 heteroatoms. The second-order valence-corrected chi connectivity index (χ2v) is 6.41. The van der Waals surface area contributed by atoms with Crippen LogP contribution in [0.3, 0.4) is 0 Å². The Morgan fingerprint density at radius 1 is 1.20 bits per heavy atom. The molecule has 0 spiro atoms. The molecule has 0 radical (unpaired) electrons. The van der Waals surface area contributed by atoms with E-state index >= 15 is 0 Å². The number of hydrogen-bond donors (Lipinski definition) is 1. The molecule has 1 atom stereocenters. The predicted molar refractivity (Wildman–Crippen MR) is 66.8 cm³/mol. The molecule has 0 aromatic heterocycles. The van der Waals surface area contributed by atoms with Crippen LogP contribution in [0.2, 0.25) is 0 Å². The van der Waals surface area contributed by atoms with E-state index in [4.69, 9.17) is 0 Å². The fourth-order valence-corrected chi connectivity index (χ4v) is 4.16. The first-order valence-corrected chi connectivity index (χ1v) is 7.18. The highest BCUT2D eigenvalue weighted by Crippen LogP contribution is 2.43. The first kappa shape index (κ1) is 11.1. The van der Waals surface area contributed by atoms with Crippen LogP contribution < -0.4 is 5.30 Å². The van der Waals surface area contributed by atoms with Gasteiger partial charge in [0.05, 0.1) is 8.15 Å². The average molecular weight is 222 g/mol. The second-order valence-electron chi connectivity index (χ2n) is 4.48. The maximum Gasteiger partial charge on any atom is 0.0595 e. The summed E-state index contributed by atoms with van der Waals surface area (Å²) in [5.74, 6) is 0. The Morgan fingerprint density at radius 2 is 1.93 bits per heavy atom. The average Bonchev–Trinajstić information content (AvgIpc) is 2.29. The molecule has 0 saturated heterocycles. The van der Waals surface area contributed by atoms with Crippen LogP contribution in [-0.4, -0.2) is 10.6 Å². The van der Waals surface area contributed by atoms with Gasteiger partial charge in [-0.2, -0.15) is 0 Å². The van der Waals surface area contributed by atoms with Crippen molar-refractivity contribution in [2.45, 2.75) is 44.7 Å². The Bertz CT molecular complexity index is 318. The van der Waals surface area contributed by atoms with Gasteiger partial charge in [-0.1, -0.05) is 43.0 Å². The zero-order valence-corrected chi connectivity index (χ0v) is 10.2. The lowest BCUT2D eigenvalue weighted by Gasteiger charge is -2.26. The third-order valence-corrected chi connectivity index (χ3v) is 5.20. The molecule has 0 amide bonds. The van der Waals surface area contributed by atoms with Crippen LogP contribution in [0.25, 0.3) is 0 Å². The molecule has 1 N–H and O–H groups in total. The van der Waals surface area contributed by atoms with Crippen molar-refractivity contribution >= 4 is 13.5 Å². The quantitative estimate of drug-likeness (QED) is 0.761. The Balaban J connectivity index is 2.08. The molecule has 1 saturated carbocycles. The Hall–Kier alpha value is -0.390. The lowest BCUT2D eigenvalue weighted by Crippen LogP contribution is -2.16. The first-order chi connectivity index (χ1) is 7.27. The Morgan fingerprint density at radius 3 is 2.60 bits per heavy atom. The molecule has 1 aliphatic carbocycles. The first-order valence-electron chi connectivity index (χ1n) is 5.82. The van der Waals surface area contributed by atoms with E-state index < -0.39 is 8.15 Å². The van der Waals surface area contributed by atoms with E-state index in [0.29, 0.717) is 5.66 Å². The van der Waals surface area contributed by atoms with Gasteiger partial charge in [0.25, 0.3) is 0 Å². The molecule has 0 bridgehead atoms. The monoisotopic (exact) mass is 222 g/mol. The summed E-state index contributed by atoms with van der Waals surface area (Å²) >= 11 is 0. The van der Waals surface area contributed by atoms with Crippen molar-refractivity contribution in [2.75, 3.05) is 0 Å². The van der Waals surface area contributed by atoms with Gasteiger partial charge in [-0.15, -0.1) is 0 Å². The molecule has 1 aromatic carbocycles. The summed E-state index contributed by atoms with van der Waals surface area (Å²) in [6, 6.07) is 8.36. The zero-order valence-electron chi connectivity index (χ0n) is 9.32. The Kier molecular flexibility index (Phi) is 3.77. The van der Waals surface area contributed by atoms with Crippen molar-refractivity contribution in [3.8, 4) is 0 Å². The van der Waals surface area contributed by atoms with Crippen LogP contribution >= 0.6 is 8.15 Å². The maximum absolute atomic E-state index is 10.3. The minimum Gasteiger partial charge on any atom is -0.369 e. The van der Waals surface area contributed by atoms with Gasteiger partial charge in [-0.05, 0) is 25.8 Å². The van der Waals surface area contributed by atoms with Crippen molar-refractivity contribution in [2.24, 2.45) is 0 Å². The van der Waals surface area contributed by atoms with Crippen molar-refractivity contribution in [1.29, 1.82) is 0 Å². The van der Waals surface area contributed by atoms with E-state index in [-0.39, 0.29) is 0 Å². The molecule has 1 nitrogen and oxygen atoms in total. The summed E-state index contributed by atoms with van der Waals surface area (Å²) in [5.41, 5.74) is 1.81. The van der Waals surface area contributed by atoms with Gasteiger partial charge in [0, 0.05) is 11.0 Å². The third-order valence-electron chi connectivity index (χ3n) is 3.19. The highest BCUT2D eigenvalue weighted by molar-refractivity contribution is 7.60. The number of hydrogen-bond acceptors (Lipinski definition) is 1. The fourth-order valence-electron chi connectivity index (χ4n) is 2.31. The summed E-state index contributed by atoms with van der Waals surface area (Å²) in [6.07, 6.45) is 6.39. The van der Waals surface area contributed by atoms with E-state index in [1.807, 2.05) is 0 Å². The third kappa shape index (κ3) is 2.80. The predicted octanol–water partition coefficient (Wildman–Crippen LogP) is 3.34. The van der Waals surface area contributed by atoms with Crippen LogP contribution in [0.15, 0.2) is 24.3 Å². The molecule has 1 fully saturated rings. The van der Waals surface area contributed by atoms with Crippen molar-refractivity contribution in [3.05, 3.63) is 29.8 Å². The van der Waals surface area contributed by atoms with Gasteiger partial charge in [0.2, 0.25) is 0 Å². The molecule has 0 aliphatic heterocycles. The lowest BCUT2D eigenvalue weighted by atomic mass is 10.0. The molecular formula is C13H19OP. The second kappa shape index (κ2) is 5.09. The fraction of sp³-hybridized carbons (Fsp3) is 0.538. The summed E-state index contributed by atoms with van der Waals surface area (Å²) in [4.78, 5) is 10.3. The van der Waals surface area contributed by atoms with Gasteiger partial charge >= 0.3 is 0 Å². The van der Waals surface area contributed by atoms with Crippen LogP contribution in [0.1, 0.15) is 37.7 Å². The van der Waals surface area contributed by atoms with Gasteiger partial charge in [-0.3, -0.25) is 0 Å². The molecule has 0 heterocycles. The van der Waals surface area contributed by atoms with E-state index in [0.717, 1.165) is 5.30 Å². The highest BCUT2D eigenvalue weighted by Gasteiger charge is 2.23. The number of rotatable bonds is 2. The summed E-state index contributed by atoms with van der Waals surface area (Å²) in [7, 11) is -0.910. The summed E-state index contributed by atoms with van der Waals surface area (Å²) in [6.45, 7) is 2.09. The normalized spacial score (nSPS) is 20.1. The van der Waals surface area contributed by atoms with E-state index in [1.165, 1.54) is 37.7 Å². The largest absolute Gasteiger partial charge is 0.369 e. The van der Waals surface area contributed by atoms with Crippen molar-refractivity contribution < 1.29 is 4.89 Å². The molecule has 2 rings (SSSR count). The molecule has 15 heavy (non-hydrogen) atoms. The lowest BCUT2D eigenvalue weighted by molar-refractivity contribution is 0.488. The van der Waals surface area contributed by atoms with Gasteiger partial charge in [-0.25, -0.2) is 0 Å². The SMILES string of the molecule is Cc1cccc(P(O)C2CCCCC2)c1. The van der Waals surface area contributed by atoms with Crippen LogP contribution in [0.5, 0.6) is 0 Å². The van der Waals surface area contributed by atoms with Gasteiger partial charge in [0.15, 0.2) is 0 Å². The van der Waals surface area contributed by atoms with Crippen LogP contribution in [0.4, 0.5) is 0 Å². The molecule has 1 unspecified atom stereocenters. The summed E-state index contributed by atoms with van der Waals surface area (Å²) < 4.78 is 0. The number of benzene rings is 1. The summed E-state index contributed by atoms with van der Waals surface area (Å²) in [5, 5.41) is 1.16. The minimum absolute atomic E-state index is 0.551. The minimum atomic E-state index is -0.910. The molecule has 1 aromatic rings. The molecule has 82 valence electrons. The number of aryl methyl sites for hydroxylation is 1. The molecular weight excluding hydrogens is 203 g/mol. The van der Waals surface area contributed by atoms with E-state index in [2.05, 4.69) is 31.2 Å². The maximum atomic E-state index is 10.3. The smallest absolute Gasteiger partial charge is 0.0595 e. The molecule has 1 aliphatic rings. The van der Waals surface area contributed by atoms with Crippen LogP contribution in [-0.2, 0) is 0 Å². The highest BCUT2D eigenvalue weighted by atomic mass is 31.1. The topological polar surface area (TPSA) is 20.2 Å².